The van der Waals surface area contributed by atoms with Crippen LogP contribution < -0.4 is 15.0 Å². The van der Waals surface area contributed by atoms with E-state index in [1.54, 1.807) is 0 Å². The summed E-state index contributed by atoms with van der Waals surface area (Å²) in [6.07, 6.45) is -3.46. The quantitative estimate of drug-likeness (QED) is 0.785. The Labute approximate surface area is 153 Å². The van der Waals surface area contributed by atoms with Gasteiger partial charge in [0.2, 0.25) is 5.82 Å². The molecule has 1 aromatic rings. The van der Waals surface area contributed by atoms with Crippen molar-refractivity contribution in [2.24, 2.45) is 0 Å². The van der Waals surface area contributed by atoms with Crippen LogP contribution in [0.3, 0.4) is 0 Å². The average Bonchev–Trinajstić information content (AvgIpc) is 3.08. The van der Waals surface area contributed by atoms with Gasteiger partial charge in [0.15, 0.2) is 0 Å². The van der Waals surface area contributed by atoms with Crippen molar-refractivity contribution in [3.8, 4) is 5.88 Å². The normalized spacial score (nSPS) is 42.8. The molecule has 0 spiro atoms. The Bertz CT molecular complexity index is 983. The van der Waals surface area contributed by atoms with Crippen molar-refractivity contribution in [2.45, 2.75) is 32.2 Å². The molecule has 1 fully saturated rings. The second-order valence-electron chi connectivity index (χ2n) is 3.89. The summed E-state index contributed by atoms with van der Waals surface area (Å²) < 4.78 is 149. The maximum absolute atomic E-state index is 10.5. The van der Waals surface area contributed by atoms with Crippen molar-refractivity contribution in [3.05, 3.63) is 0 Å². The zero-order valence-electron chi connectivity index (χ0n) is 27.7. The minimum Gasteiger partial charge on any atom is -0.472 e. The molecule has 0 aromatic carbocycles. The number of anilines is 1. The van der Waals surface area contributed by atoms with E-state index in [0.29, 0.717) is 0 Å². The number of nitrogens with one attached hydrogen (secondary N) is 1. The molecule has 2 N–H and O–H groups in total. The third-order valence-electron chi connectivity index (χ3n) is 1.95. The van der Waals surface area contributed by atoms with Gasteiger partial charge in [0, 0.05) is 33.3 Å². The van der Waals surface area contributed by atoms with Crippen molar-refractivity contribution < 1.29 is 37.9 Å². The maximum Gasteiger partial charge on any atom is 0.270 e. The Balaban J connectivity index is 2.47. The van der Waals surface area contributed by atoms with Crippen LogP contribution in [0.15, 0.2) is 0 Å². The molecule has 1 aliphatic rings. The van der Waals surface area contributed by atoms with Crippen molar-refractivity contribution >= 4 is 17.5 Å². The molecule has 2 heterocycles. The molecule has 0 bridgehead atoms. The molecular weight excluding hydrogens is 292 g/mol. The lowest BCUT2D eigenvalue weighted by atomic mass is 10.1. The Hall–Kier alpha value is -0.960. The number of ether oxygens (including phenoxy) is 2. The topological polar surface area (TPSA) is 79.7 Å². The Morgan fingerprint density at radius 1 is 1.67 bits per heavy atom. The largest absolute Gasteiger partial charge is 0.472 e. The van der Waals surface area contributed by atoms with Crippen molar-refractivity contribution in [3.63, 3.8) is 0 Å². The number of aliphatic hydroxyl groups is 1. The van der Waals surface area contributed by atoms with Gasteiger partial charge in [-0.1, -0.05) is 0 Å². The summed E-state index contributed by atoms with van der Waals surface area (Å²) in [7, 11) is 0. The van der Waals surface area contributed by atoms with E-state index < -0.39 is 76.2 Å². The molecule has 0 aliphatic carbocycles. The van der Waals surface area contributed by atoms with E-state index in [4.69, 9.17) is 28.0 Å². The molecule has 1 atom stereocenters. The first-order valence-electron chi connectivity index (χ1n) is 14.0. The number of nitrogens with zero attached hydrogens (tertiary/aromatic N) is 3. The van der Waals surface area contributed by atoms with E-state index in [2.05, 4.69) is 13.5 Å². The predicted octanol–water partition coefficient (Wildman–Crippen LogP) is 0.503. The van der Waals surface area contributed by atoms with Crippen molar-refractivity contribution in [1.29, 1.82) is 0 Å². The molecular formula is C13H24N4O3S. The predicted molar refractivity (Wildman–Crippen MR) is 82.2 cm³/mol. The van der Waals surface area contributed by atoms with E-state index in [1.165, 1.54) is 0 Å². The van der Waals surface area contributed by atoms with Crippen LogP contribution in [0.25, 0.3) is 0 Å². The summed E-state index contributed by atoms with van der Waals surface area (Å²) >= 11 is 0.178. The molecule has 0 radical (unpaired) electrons. The second kappa shape index (κ2) is 7.35. The third-order valence-corrected chi connectivity index (χ3v) is 2.45. The third kappa shape index (κ3) is 5.39. The van der Waals surface area contributed by atoms with Crippen LogP contribution in [0, 0.1) is 0 Å². The monoisotopic (exact) mass is 333 g/mol. The van der Waals surface area contributed by atoms with Gasteiger partial charge in [-0.25, -0.2) is 0 Å². The molecule has 0 unspecified atom stereocenters. The van der Waals surface area contributed by atoms with E-state index in [-0.39, 0.29) is 16.6 Å². The molecule has 2 rings (SSSR count). The highest BCUT2D eigenvalue weighted by atomic mass is 32.1. The summed E-state index contributed by atoms with van der Waals surface area (Å²) in [4.78, 5) is -0.153. The summed E-state index contributed by atoms with van der Waals surface area (Å²) in [6.45, 7) is -24.6. The van der Waals surface area contributed by atoms with Gasteiger partial charge in [0.05, 0.1) is 39.9 Å². The van der Waals surface area contributed by atoms with E-state index in [0.717, 1.165) is 6.92 Å². The molecule has 120 valence electrons. The van der Waals surface area contributed by atoms with Gasteiger partial charge in [-0.3, -0.25) is 0 Å². The molecule has 1 saturated heterocycles. The minimum atomic E-state index is -3.60. The Morgan fingerprint density at radius 2 is 2.43 bits per heavy atom. The van der Waals surface area contributed by atoms with Gasteiger partial charge in [0.25, 0.3) is 5.88 Å². The highest BCUT2D eigenvalue weighted by molar-refractivity contribution is 6.99. The van der Waals surface area contributed by atoms with E-state index in [1.807, 2.05) is 5.32 Å². The lowest BCUT2D eigenvalue weighted by Gasteiger charge is -2.27. The zero-order chi connectivity index (χ0) is 30.2. The summed E-state index contributed by atoms with van der Waals surface area (Å²) in [5, 5.41) is 12.5. The van der Waals surface area contributed by atoms with Crippen molar-refractivity contribution in [1.82, 2.24) is 14.1 Å². The second-order valence-corrected chi connectivity index (χ2v) is 4.42. The van der Waals surface area contributed by atoms with Crippen molar-refractivity contribution in [2.75, 3.05) is 44.1 Å². The highest BCUT2D eigenvalue weighted by Gasteiger charge is 2.21. The van der Waals surface area contributed by atoms with Crippen LogP contribution >= 0.6 is 11.7 Å². The van der Waals surface area contributed by atoms with Crippen LogP contribution in [0.5, 0.6) is 5.88 Å². The zero-order valence-corrected chi connectivity index (χ0v) is 11.5. The van der Waals surface area contributed by atoms with Crippen LogP contribution in [-0.2, 0) is 4.74 Å². The Kier molecular flexibility index (Phi) is 1.76. The van der Waals surface area contributed by atoms with Gasteiger partial charge in [-0.15, -0.1) is 4.37 Å². The smallest absolute Gasteiger partial charge is 0.270 e. The van der Waals surface area contributed by atoms with Gasteiger partial charge >= 0.3 is 0 Å². The van der Waals surface area contributed by atoms with Crippen LogP contribution in [-0.4, -0.2) is 64.7 Å². The summed E-state index contributed by atoms with van der Waals surface area (Å²) in [6, 6.07) is 0. The number of rotatable bonds is 6. The molecule has 0 amide bonds. The summed E-state index contributed by atoms with van der Waals surface area (Å²) in [5.74, 6) is -2.15. The van der Waals surface area contributed by atoms with E-state index >= 15 is 0 Å². The number of β-amino-alcohol motifs (C(OH)–C–C–N with tert-alkyl or cyclic N) is 1. The number of hydrogen-bond donors (Lipinski definition) is 2. The first kappa shape index (κ1) is 5.02. The van der Waals surface area contributed by atoms with Gasteiger partial charge in [-0.05, 0) is 20.6 Å². The SMILES string of the molecule is [2H]C([2H])([2H])C(C)(NC[C@]([2H])(O)C([2H])([2H])Oc1nsnc1N1C([2H])([2H])C([2H])([2H])OC([2H])([2H])C1([2H])[2H])C([2H])([2H])[2H]. The molecule has 8 heteroatoms. The van der Waals surface area contributed by atoms with E-state index in [9.17, 15) is 5.11 Å². The number of aromatic nitrogens is 2. The maximum atomic E-state index is 10.5. The number of hydrogen-bond acceptors (Lipinski definition) is 8. The fraction of sp³-hybridized carbons (Fsp3) is 0.846. The summed E-state index contributed by atoms with van der Waals surface area (Å²) in [5.41, 5.74) is -2.71. The molecule has 21 heavy (non-hydrogen) atoms. The molecule has 1 aromatic heterocycles. The standard InChI is InChI=1S/C13H24N4O3S/c1-13(2,3)14-8-10(18)9-20-12-11(15-21-16-12)17-4-6-19-7-5-17/h10,14,18H,4-9H2,1-3H3/t10-/m0/s1/i1D3,2D3,4D2,5D2,6D2,7D2,9D2,10D. The van der Waals surface area contributed by atoms with Crippen LogP contribution in [0.2, 0.25) is 0 Å². The van der Waals surface area contributed by atoms with Gasteiger partial charge in [0.1, 0.15) is 12.6 Å². The van der Waals surface area contributed by atoms with Gasteiger partial charge < -0.3 is 24.8 Å². The molecule has 7 nitrogen and oxygen atoms in total. The van der Waals surface area contributed by atoms with Crippen LogP contribution in [0.4, 0.5) is 5.82 Å². The molecule has 1 aliphatic heterocycles. The fourth-order valence-electron chi connectivity index (χ4n) is 1.08. The number of morpholine rings is 1. The molecule has 0 saturated carbocycles. The fourth-order valence-corrected chi connectivity index (χ4v) is 1.55. The highest BCUT2D eigenvalue weighted by Crippen LogP contribution is 2.26. The first-order chi connectivity index (χ1) is 16.5. The minimum absolute atomic E-state index is 0.153. The van der Waals surface area contributed by atoms with Crippen LogP contribution in [0.1, 0.15) is 43.9 Å². The Morgan fingerprint density at radius 3 is 3.14 bits per heavy atom. The first-order valence-corrected chi connectivity index (χ1v) is 6.21. The lowest BCUT2D eigenvalue weighted by Crippen LogP contribution is -2.42. The average molecular weight is 334 g/mol. The van der Waals surface area contributed by atoms with Gasteiger partial charge in [-0.2, -0.15) is 4.37 Å². The lowest BCUT2D eigenvalue weighted by molar-refractivity contribution is 0.0975.